The van der Waals surface area contributed by atoms with E-state index in [2.05, 4.69) is 4.98 Å². The van der Waals surface area contributed by atoms with E-state index in [1.165, 1.54) is 6.07 Å². The fraction of sp³-hybridized carbons (Fsp3) is 0.294. The maximum atomic E-state index is 12.9. The molecule has 7 heteroatoms. The van der Waals surface area contributed by atoms with Gasteiger partial charge in [0.05, 0.1) is 17.1 Å². The molecule has 0 saturated heterocycles. The molecule has 0 amide bonds. The van der Waals surface area contributed by atoms with Gasteiger partial charge < -0.3 is 5.11 Å². The van der Waals surface area contributed by atoms with Crippen LogP contribution in [0.3, 0.4) is 0 Å². The Balaban J connectivity index is 1.92. The molecular formula is C17H18N2O4S. The van der Waals surface area contributed by atoms with Gasteiger partial charge in [-0.2, -0.15) is 4.31 Å². The first-order valence-corrected chi connectivity index (χ1v) is 9.12. The summed E-state index contributed by atoms with van der Waals surface area (Å²) in [5.41, 5.74) is 1.49. The van der Waals surface area contributed by atoms with Crippen molar-refractivity contribution in [1.29, 1.82) is 0 Å². The fourth-order valence-electron chi connectivity index (χ4n) is 2.54. The third-order valence-electron chi connectivity index (χ3n) is 3.92. The Morgan fingerprint density at radius 2 is 2.00 bits per heavy atom. The topological polar surface area (TPSA) is 87.6 Å². The van der Waals surface area contributed by atoms with Crippen molar-refractivity contribution in [1.82, 2.24) is 9.29 Å². The zero-order chi connectivity index (χ0) is 17.2. The Bertz CT molecular complexity index is 833. The summed E-state index contributed by atoms with van der Waals surface area (Å²) in [7, 11) is -3.91. The van der Waals surface area contributed by atoms with Gasteiger partial charge in [-0.1, -0.05) is 18.2 Å². The van der Waals surface area contributed by atoms with Gasteiger partial charge in [0.15, 0.2) is 0 Å². The summed E-state index contributed by atoms with van der Waals surface area (Å²) in [5.74, 6) is -0.781. The minimum atomic E-state index is -3.91. The Kier molecular flexibility index (Phi) is 4.64. The second-order valence-electron chi connectivity index (χ2n) is 5.83. The molecule has 0 bridgehead atoms. The number of rotatable bonds is 7. The van der Waals surface area contributed by atoms with Crippen LogP contribution in [0.5, 0.6) is 0 Å². The van der Waals surface area contributed by atoms with Crippen molar-refractivity contribution in [3.05, 3.63) is 59.9 Å². The first-order valence-electron chi connectivity index (χ1n) is 7.68. The number of carboxylic acid groups (broad SMARTS) is 1. The number of sulfonamides is 1. The third kappa shape index (κ3) is 3.80. The molecule has 1 aliphatic carbocycles. The molecule has 0 radical (unpaired) electrons. The molecule has 1 aliphatic rings. The number of hydrogen-bond acceptors (Lipinski definition) is 4. The Morgan fingerprint density at radius 3 is 2.62 bits per heavy atom. The van der Waals surface area contributed by atoms with E-state index in [1.54, 1.807) is 36.5 Å². The lowest BCUT2D eigenvalue weighted by atomic mass is 10.1. The minimum absolute atomic E-state index is 0.0802. The van der Waals surface area contributed by atoms with Crippen LogP contribution >= 0.6 is 0 Å². The molecule has 0 unspecified atom stereocenters. The lowest BCUT2D eigenvalue weighted by Gasteiger charge is -2.20. The quantitative estimate of drug-likeness (QED) is 0.831. The summed E-state index contributed by atoms with van der Waals surface area (Å²) in [6.45, 7) is -0.685. The number of hydrogen-bond donors (Lipinski definition) is 1. The van der Waals surface area contributed by atoms with Gasteiger partial charge in [-0.05, 0) is 48.6 Å². The van der Waals surface area contributed by atoms with Crippen molar-refractivity contribution < 1.29 is 18.3 Å². The van der Waals surface area contributed by atoms with E-state index < -0.39 is 22.5 Å². The van der Waals surface area contributed by atoms with Crippen LogP contribution in [0, 0.1) is 0 Å². The SMILES string of the molecule is O=C(O)CN(Cc1ccccn1)S(=O)(=O)c1cccc(C2CC2)c1. The van der Waals surface area contributed by atoms with E-state index in [4.69, 9.17) is 5.11 Å². The number of aromatic nitrogens is 1. The number of carbonyl (C=O) groups is 1. The van der Waals surface area contributed by atoms with E-state index in [0.29, 0.717) is 11.6 Å². The van der Waals surface area contributed by atoms with Gasteiger partial charge in [0.25, 0.3) is 0 Å². The van der Waals surface area contributed by atoms with Gasteiger partial charge in [0.2, 0.25) is 10.0 Å². The molecule has 6 nitrogen and oxygen atoms in total. The van der Waals surface area contributed by atoms with Crippen LogP contribution in [-0.2, 0) is 21.4 Å². The normalized spacial score (nSPS) is 14.7. The molecule has 3 rings (SSSR count). The molecule has 126 valence electrons. The molecular weight excluding hydrogens is 328 g/mol. The standard InChI is InChI=1S/C17H18N2O4S/c20-17(21)12-19(11-15-5-1-2-9-18-15)24(22,23)16-6-3-4-14(10-16)13-7-8-13/h1-6,9-10,13H,7-8,11-12H2,(H,20,21). The average molecular weight is 346 g/mol. The number of pyridine rings is 1. The van der Waals surface area contributed by atoms with Crippen LogP contribution < -0.4 is 0 Å². The number of aliphatic carboxylic acids is 1. The molecule has 0 aliphatic heterocycles. The molecule has 1 aromatic heterocycles. The molecule has 1 saturated carbocycles. The Morgan fingerprint density at radius 1 is 1.21 bits per heavy atom. The number of nitrogens with zero attached hydrogens (tertiary/aromatic N) is 2. The van der Waals surface area contributed by atoms with Gasteiger partial charge in [-0.15, -0.1) is 0 Å². The van der Waals surface area contributed by atoms with Gasteiger partial charge >= 0.3 is 5.97 Å². The second kappa shape index (κ2) is 6.70. The summed E-state index contributed by atoms with van der Waals surface area (Å²) in [4.78, 5) is 15.4. The first-order chi connectivity index (χ1) is 11.5. The first kappa shape index (κ1) is 16.6. The molecule has 0 atom stereocenters. The van der Waals surface area contributed by atoms with Crippen LogP contribution in [0.2, 0.25) is 0 Å². The zero-order valence-electron chi connectivity index (χ0n) is 13.0. The Hall–Kier alpha value is -2.25. The summed E-state index contributed by atoms with van der Waals surface area (Å²) in [6.07, 6.45) is 3.68. The molecule has 1 aromatic carbocycles. The highest BCUT2D eigenvalue weighted by atomic mass is 32.2. The van der Waals surface area contributed by atoms with E-state index in [1.807, 2.05) is 6.07 Å². The predicted molar refractivity (Wildman–Crippen MR) is 87.9 cm³/mol. The summed E-state index contributed by atoms with van der Waals surface area (Å²) >= 11 is 0. The molecule has 2 aromatic rings. The summed E-state index contributed by atoms with van der Waals surface area (Å²) in [6, 6.07) is 11.9. The predicted octanol–water partition coefficient (Wildman–Crippen LogP) is 2.23. The second-order valence-corrected chi connectivity index (χ2v) is 7.77. The van der Waals surface area contributed by atoms with Crippen LogP contribution in [0.15, 0.2) is 53.6 Å². The maximum absolute atomic E-state index is 12.9. The maximum Gasteiger partial charge on any atom is 0.318 e. The molecule has 1 N–H and O–H groups in total. The Labute approximate surface area is 140 Å². The molecule has 1 fully saturated rings. The van der Waals surface area contributed by atoms with Crippen LogP contribution in [-0.4, -0.2) is 35.3 Å². The number of carboxylic acids is 1. The van der Waals surface area contributed by atoms with E-state index in [-0.39, 0.29) is 11.4 Å². The highest BCUT2D eigenvalue weighted by Gasteiger charge is 2.29. The lowest BCUT2D eigenvalue weighted by molar-refractivity contribution is -0.137. The van der Waals surface area contributed by atoms with Gasteiger partial charge in [-0.3, -0.25) is 9.78 Å². The summed E-state index contributed by atoms with van der Waals surface area (Å²) in [5, 5.41) is 9.10. The van der Waals surface area contributed by atoms with Gasteiger partial charge in [0, 0.05) is 6.20 Å². The number of benzene rings is 1. The molecule has 1 heterocycles. The monoisotopic (exact) mass is 346 g/mol. The van der Waals surface area contributed by atoms with Gasteiger partial charge in [0.1, 0.15) is 6.54 Å². The van der Waals surface area contributed by atoms with E-state index in [9.17, 15) is 13.2 Å². The summed E-state index contributed by atoms with van der Waals surface area (Å²) < 4.78 is 26.8. The van der Waals surface area contributed by atoms with Gasteiger partial charge in [-0.25, -0.2) is 8.42 Å². The smallest absolute Gasteiger partial charge is 0.318 e. The third-order valence-corrected chi connectivity index (χ3v) is 5.71. The van der Waals surface area contributed by atoms with E-state index in [0.717, 1.165) is 22.7 Å². The highest BCUT2D eigenvalue weighted by Crippen LogP contribution is 2.40. The molecule has 24 heavy (non-hydrogen) atoms. The van der Waals surface area contributed by atoms with Crippen molar-refractivity contribution in [2.45, 2.75) is 30.2 Å². The zero-order valence-corrected chi connectivity index (χ0v) is 13.8. The molecule has 0 spiro atoms. The minimum Gasteiger partial charge on any atom is -0.480 e. The van der Waals surface area contributed by atoms with E-state index >= 15 is 0 Å². The van der Waals surface area contributed by atoms with Crippen molar-refractivity contribution in [3.8, 4) is 0 Å². The fourth-order valence-corrected chi connectivity index (χ4v) is 3.96. The van der Waals surface area contributed by atoms with Crippen LogP contribution in [0.4, 0.5) is 0 Å². The van der Waals surface area contributed by atoms with Crippen LogP contribution in [0.25, 0.3) is 0 Å². The average Bonchev–Trinajstić information content (AvgIpc) is 3.40. The van der Waals surface area contributed by atoms with Crippen molar-refractivity contribution >= 4 is 16.0 Å². The van der Waals surface area contributed by atoms with Crippen molar-refractivity contribution in [2.24, 2.45) is 0 Å². The lowest BCUT2D eigenvalue weighted by Crippen LogP contribution is -2.35. The highest BCUT2D eigenvalue weighted by molar-refractivity contribution is 7.89. The van der Waals surface area contributed by atoms with Crippen molar-refractivity contribution in [3.63, 3.8) is 0 Å². The largest absolute Gasteiger partial charge is 0.480 e. The van der Waals surface area contributed by atoms with Crippen molar-refractivity contribution in [2.75, 3.05) is 6.54 Å². The van der Waals surface area contributed by atoms with Crippen LogP contribution in [0.1, 0.15) is 30.0 Å².